The molecule has 30 heavy (non-hydrogen) atoms. The SMILES string of the molecule is CCCC[C@H](CC)C(=O)N1CCN(c2nc(-c3ccc(C)cc3)nc(C)c2C)CC1. The van der Waals surface area contributed by atoms with Gasteiger partial charge < -0.3 is 9.80 Å². The van der Waals surface area contributed by atoms with Crippen LogP contribution in [0.15, 0.2) is 24.3 Å². The molecule has 162 valence electrons. The number of amides is 1. The second-order valence-electron chi connectivity index (χ2n) is 8.51. The first-order valence-corrected chi connectivity index (χ1v) is 11.4. The molecule has 0 radical (unpaired) electrons. The van der Waals surface area contributed by atoms with E-state index in [0.29, 0.717) is 5.91 Å². The Labute approximate surface area is 181 Å². The first-order valence-electron chi connectivity index (χ1n) is 11.4. The molecule has 5 nitrogen and oxygen atoms in total. The molecule has 1 saturated heterocycles. The molecule has 2 aromatic rings. The molecule has 1 aliphatic rings. The molecule has 3 rings (SSSR count). The normalized spacial score (nSPS) is 15.4. The minimum absolute atomic E-state index is 0.174. The topological polar surface area (TPSA) is 49.3 Å². The van der Waals surface area contributed by atoms with Gasteiger partial charge in [-0.15, -0.1) is 0 Å². The van der Waals surface area contributed by atoms with Crippen molar-refractivity contribution in [3.63, 3.8) is 0 Å². The summed E-state index contributed by atoms with van der Waals surface area (Å²) < 4.78 is 0. The molecule has 1 amide bonds. The number of nitrogens with zero attached hydrogens (tertiary/aromatic N) is 4. The quantitative estimate of drug-likeness (QED) is 0.651. The number of rotatable bonds is 7. The summed E-state index contributed by atoms with van der Waals surface area (Å²) >= 11 is 0. The Bertz CT molecular complexity index is 854. The molecule has 0 saturated carbocycles. The van der Waals surface area contributed by atoms with E-state index in [4.69, 9.17) is 9.97 Å². The van der Waals surface area contributed by atoms with E-state index in [2.05, 4.69) is 68.7 Å². The summed E-state index contributed by atoms with van der Waals surface area (Å²) in [6.07, 6.45) is 4.22. The number of aryl methyl sites for hydroxylation is 2. The standard InChI is InChI=1S/C25H36N4O/c1-6-8-9-21(7-2)25(30)29-16-14-28(15-17-29)24-19(4)20(5)26-23(27-24)22-12-10-18(3)11-13-22/h10-13,21H,6-9,14-17H2,1-5H3/t21-/m0/s1. The molecule has 0 aliphatic carbocycles. The van der Waals surface area contributed by atoms with E-state index in [9.17, 15) is 4.79 Å². The van der Waals surface area contributed by atoms with Crippen molar-refractivity contribution in [1.82, 2.24) is 14.9 Å². The highest BCUT2D eigenvalue weighted by Crippen LogP contribution is 2.26. The third-order valence-electron chi connectivity index (χ3n) is 6.31. The van der Waals surface area contributed by atoms with Gasteiger partial charge in [-0.2, -0.15) is 0 Å². The van der Waals surface area contributed by atoms with Crippen LogP contribution >= 0.6 is 0 Å². The van der Waals surface area contributed by atoms with E-state index >= 15 is 0 Å². The molecule has 1 aliphatic heterocycles. The Morgan fingerprint density at radius 1 is 1.00 bits per heavy atom. The van der Waals surface area contributed by atoms with Crippen molar-refractivity contribution in [3.05, 3.63) is 41.1 Å². The van der Waals surface area contributed by atoms with Gasteiger partial charge in [0.2, 0.25) is 5.91 Å². The Kier molecular flexibility index (Phi) is 7.46. The van der Waals surface area contributed by atoms with Gasteiger partial charge in [-0.05, 0) is 33.6 Å². The lowest BCUT2D eigenvalue weighted by Crippen LogP contribution is -2.50. The number of piperazine rings is 1. The Morgan fingerprint density at radius 2 is 1.67 bits per heavy atom. The van der Waals surface area contributed by atoms with Gasteiger partial charge in [0.15, 0.2) is 5.82 Å². The van der Waals surface area contributed by atoms with E-state index in [1.165, 1.54) is 5.56 Å². The van der Waals surface area contributed by atoms with Gasteiger partial charge in [-0.25, -0.2) is 9.97 Å². The lowest BCUT2D eigenvalue weighted by Gasteiger charge is -2.37. The van der Waals surface area contributed by atoms with Crippen LogP contribution < -0.4 is 4.90 Å². The fraction of sp³-hybridized carbons (Fsp3) is 0.560. The monoisotopic (exact) mass is 408 g/mol. The highest BCUT2D eigenvalue weighted by Gasteiger charge is 2.27. The van der Waals surface area contributed by atoms with Crippen molar-refractivity contribution in [1.29, 1.82) is 0 Å². The van der Waals surface area contributed by atoms with Gasteiger partial charge in [0.05, 0.1) is 0 Å². The second kappa shape index (κ2) is 10.1. The number of carbonyl (C=O) groups excluding carboxylic acids is 1. The van der Waals surface area contributed by atoms with Crippen LogP contribution in [0.1, 0.15) is 56.4 Å². The van der Waals surface area contributed by atoms with E-state index in [1.807, 2.05) is 0 Å². The smallest absolute Gasteiger partial charge is 0.225 e. The highest BCUT2D eigenvalue weighted by molar-refractivity contribution is 5.79. The molecular weight excluding hydrogens is 372 g/mol. The zero-order chi connectivity index (χ0) is 21.7. The van der Waals surface area contributed by atoms with E-state index < -0.39 is 0 Å². The van der Waals surface area contributed by atoms with Crippen LogP contribution in [0.25, 0.3) is 11.4 Å². The number of unbranched alkanes of at least 4 members (excludes halogenated alkanes) is 1. The minimum Gasteiger partial charge on any atom is -0.353 e. The number of anilines is 1. The van der Waals surface area contributed by atoms with Gasteiger partial charge in [0.1, 0.15) is 5.82 Å². The third-order valence-corrected chi connectivity index (χ3v) is 6.31. The zero-order valence-corrected chi connectivity index (χ0v) is 19.2. The van der Waals surface area contributed by atoms with Crippen molar-refractivity contribution in [2.75, 3.05) is 31.1 Å². The van der Waals surface area contributed by atoms with Crippen molar-refractivity contribution < 1.29 is 4.79 Å². The first-order chi connectivity index (χ1) is 14.4. The summed E-state index contributed by atoms with van der Waals surface area (Å²) in [5.41, 5.74) is 4.41. The maximum atomic E-state index is 12.9. The molecule has 1 atom stereocenters. The van der Waals surface area contributed by atoms with Crippen molar-refractivity contribution in [3.8, 4) is 11.4 Å². The van der Waals surface area contributed by atoms with E-state index in [0.717, 1.165) is 80.3 Å². The molecular formula is C25H36N4O. The number of hydrogen-bond acceptors (Lipinski definition) is 4. The lowest BCUT2D eigenvalue weighted by atomic mass is 9.97. The maximum absolute atomic E-state index is 12.9. The zero-order valence-electron chi connectivity index (χ0n) is 19.2. The Morgan fingerprint density at radius 3 is 2.27 bits per heavy atom. The molecule has 0 spiro atoms. The van der Waals surface area contributed by atoms with Gasteiger partial charge >= 0.3 is 0 Å². The molecule has 2 heterocycles. The van der Waals surface area contributed by atoms with Gasteiger partial charge in [-0.3, -0.25) is 4.79 Å². The van der Waals surface area contributed by atoms with Crippen LogP contribution in [-0.4, -0.2) is 47.0 Å². The molecule has 1 fully saturated rings. The summed E-state index contributed by atoms with van der Waals surface area (Å²) in [4.78, 5) is 27.0. The summed E-state index contributed by atoms with van der Waals surface area (Å²) in [5, 5.41) is 0. The van der Waals surface area contributed by atoms with Crippen LogP contribution in [-0.2, 0) is 4.79 Å². The van der Waals surface area contributed by atoms with Crippen LogP contribution in [0, 0.1) is 26.7 Å². The number of aromatic nitrogens is 2. The molecule has 5 heteroatoms. The first kappa shape index (κ1) is 22.3. The third kappa shape index (κ3) is 5.00. The van der Waals surface area contributed by atoms with Crippen molar-refractivity contribution in [2.45, 2.75) is 60.3 Å². The minimum atomic E-state index is 0.174. The fourth-order valence-corrected chi connectivity index (χ4v) is 4.10. The van der Waals surface area contributed by atoms with Gasteiger partial charge in [-0.1, -0.05) is 56.5 Å². The summed E-state index contributed by atoms with van der Waals surface area (Å²) in [5.74, 6) is 2.29. The highest BCUT2D eigenvalue weighted by atomic mass is 16.2. The van der Waals surface area contributed by atoms with E-state index in [1.54, 1.807) is 0 Å². The largest absolute Gasteiger partial charge is 0.353 e. The average Bonchev–Trinajstić information content (AvgIpc) is 2.76. The summed E-state index contributed by atoms with van der Waals surface area (Å²) in [6, 6.07) is 8.36. The average molecular weight is 409 g/mol. The molecule has 1 aromatic heterocycles. The predicted octanol–water partition coefficient (Wildman–Crippen LogP) is 4.93. The molecule has 0 bridgehead atoms. The molecule has 1 aromatic carbocycles. The van der Waals surface area contributed by atoms with Crippen molar-refractivity contribution >= 4 is 11.7 Å². The maximum Gasteiger partial charge on any atom is 0.225 e. The van der Waals surface area contributed by atoms with Crippen LogP contribution in [0.3, 0.4) is 0 Å². The second-order valence-corrected chi connectivity index (χ2v) is 8.51. The lowest BCUT2D eigenvalue weighted by molar-refractivity contribution is -0.136. The summed E-state index contributed by atoms with van der Waals surface area (Å²) in [7, 11) is 0. The van der Waals surface area contributed by atoms with Gasteiger partial charge in [0.25, 0.3) is 0 Å². The van der Waals surface area contributed by atoms with Crippen LogP contribution in [0.5, 0.6) is 0 Å². The number of carbonyl (C=O) groups is 1. The van der Waals surface area contributed by atoms with Crippen LogP contribution in [0.2, 0.25) is 0 Å². The van der Waals surface area contributed by atoms with Crippen LogP contribution in [0.4, 0.5) is 5.82 Å². The Balaban J connectivity index is 1.73. The molecule has 0 unspecified atom stereocenters. The predicted molar refractivity (Wildman–Crippen MR) is 124 cm³/mol. The Hall–Kier alpha value is -2.43. The number of hydrogen-bond donors (Lipinski definition) is 0. The number of benzene rings is 1. The summed E-state index contributed by atoms with van der Waals surface area (Å²) in [6.45, 7) is 13.7. The fourth-order valence-electron chi connectivity index (χ4n) is 4.10. The van der Waals surface area contributed by atoms with Crippen molar-refractivity contribution in [2.24, 2.45) is 5.92 Å². The molecule has 0 N–H and O–H groups in total. The van der Waals surface area contributed by atoms with E-state index in [-0.39, 0.29) is 5.92 Å². The van der Waals surface area contributed by atoms with Gasteiger partial charge in [0, 0.05) is 48.9 Å².